The molecule has 1 N–H and O–H groups in total. The zero-order chi connectivity index (χ0) is 19.2. The number of nitrogens with one attached hydrogen (secondary N) is 1. The van der Waals surface area contributed by atoms with Crippen LogP contribution < -0.4 is 14.8 Å². The molecule has 1 unspecified atom stereocenters. The lowest BCUT2D eigenvalue weighted by atomic mass is 9.96. The molecule has 0 saturated heterocycles. The van der Waals surface area contributed by atoms with Crippen LogP contribution in [0.15, 0.2) is 23.4 Å². The van der Waals surface area contributed by atoms with Crippen molar-refractivity contribution in [2.45, 2.75) is 55.5 Å². The summed E-state index contributed by atoms with van der Waals surface area (Å²) in [6.07, 6.45) is 5.84. The summed E-state index contributed by atoms with van der Waals surface area (Å²) in [5.41, 5.74) is 0.650. The summed E-state index contributed by atoms with van der Waals surface area (Å²) in [5, 5.41) is 15.3. The van der Waals surface area contributed by atoms with Crippen molar-refractivity contribution in [3.63, 3.8) is 0 Å². The number of hydrogen-bond donors (Lipinski definition) is 1. The lowest BCUT2D eigenvalue weighted by Gasteiger charge is -2.22. The molecule has 1 amide bonds. The molecule has 1 atom stereocenters. The molecule has 1 fully saturated rings. The highest BCUT2D eigenvalue weighted by Gasteiger charge is 2.24. The van der Waals surface area contributed by atoms with E-state index in [0.29, 0.717) is 28.4 Å². The molecule has 8 nitrogen and oxygen atoms in total. The second-order valence-corrected chi connectivity index (χ2v) is 7.82. The van der Waals surface area contributed by atoms with Crippen molar-refractivity contribution in [1.82, 2.24) is 20.2 Å². The number of carbonyl (C=O) groups is 1. The second-order valence-electron chi connectivity index (χ2n) is 6.52. The quantitative estimate of drug-likeness (QED) is 0.724. The van der Waals surface area contributed by atoms with Crippen LogP contribution >= 0.6 is 11.8 Å². The predicted octanol–water partition coefficient (Wildman–Crippen LogP) is 3.31. The van der Waals surface area contributed by atoms with Gasteiger partial charge in [0.2, 0.25) is 11.1 Å². The number of carbonyl (C=O) groups excluding carboxylic acids is 1. The van der Waals surface area contributed by atoms with Gasteiger partial charge in [0.25, 0.3) is 0 Å². The van der Waals surface area contributed by atoms with Gasteiger partial charge in [-0.3, -0.25) is 4.79 Å². The van der Waals surface area contributed by atoms with Crippen molar-refractivity contribution in [2.24, 2.45) is 0 Å². The molecule has 0 spiro atoms. The predicted molar refractivity (Wildman–Crippen MR) is 103 cm³/mol. The zero-order valence-corrected chi connectivity index (χ0v) is 16.7. The number of hydrogen-bond acceptors (Lipinski definition) is 7. The van der Waals surface area contributed by atoms with Crippen LogP contribution in [0.1, 0.15) is 45.1 Å². The first-order valence-electron chi connectivity index (χ1n) is 9.09. The lowest BCUT2D eigenvalue weighted by Crippen LogP contribution is -2.23. The maximum atomic E-state index is 12.6. The van der Waals surface area contributed by atoms with Crippen LogP contribution in [-0.4, -0.2) is 45.6 Å². The first kappa shape index (κ1) is 19.5. The molecule has 1 heterocycles. The van der Waals surface area contributed by atoms with Crippen LogP contribution in [0.4, 0.5) is 5.69 Å². The van der Waals surface area contributed by atoms with Gasteiger partial charge in [-0.2, -0.15) is 0 Å². The number of amides is 1. The number of aromatic nitrogens is 4. The molecule has 1 aromatic carbocycles. The van der Waals surface area contributed by atoms with Gasteiger partial charge in [0, 0.05) is 11.8 Å². The average molecular weight is 391 g/mol. The van der Waals surface area contributed by atoms with Gasteiger partial charge in [-0.15, -0.1) is 5.10 Å². The summed E-state index contributed by atoms with van der Waals surface area (Å²) in [4.78, 5) is 12.6. The molecule has 1 aliphatic rings. The van der Waals surface area contributed by atoms with Crippen LogP contribution in [0.25, 0.3) is 0 Å². The van der Waals surface area contributed by atoms with Gasteiger partial charge in [0.1, 0.15) is 0 Å². The third kappa shape index (κ3) is 4.71. The summed E-state index contributed by atoms with van der Waals surface area (Å²) < 4.78 is 12.4. The number of benzene rings is 1. The SMILES string of the molecule is COc1ccc(NC(=O)C(C)Sc2nnnn2C2CCCCC2)cc1OC. The molecule has 0 aliphatic heterocycles. The minimum Gasteiger partial charge on any atom is -0.493 e. The Labute approximate surface area is 163 Å². The lowest BCUT2D eigenvalue weighted by molar-refractivity contribution is -0.115. The van der Waals surface area contributed by atoms with Gasteiger partial charge in [-0.05, 0) is 42.3 Å². The highest BCUT2D eigenvalue weighted by molar-refractivity contribution is 8.00. The van der Waals surface area contributed by atoms with Crippen molar-refractivity contribution in [2.75, 3.05) is 19.5 Å². The normalized spacial score (nSPS) is 16.0. The Morgan fingerprint density at radius 3 is 2.67 bits per heavy atom. The molecule has 9 heteroatoms. The molecule has 1 aliphatic carbocycles. The monoisotopic (exact) mass is 391 g/mol. The summed E-state index contributed by atoms with van der Waals surface area (Å²) >= 11 is 1.37. The van der Waals surface area contributed by atoms with Crippen LogP contribution in [0.3, 0.4) is 0 Å². The summed E-state index contributed by atoms with van der Waals surface area (Å²) in [6, 6.07) is 5.61. The third-order valence-corrected chi connectivity index (χ3v) is 5.73. The third-order valence-electron chi connectivity index (χ3n) is 4.69. The molecule has 0 bridgehead atoms. The number of nitrogens with zero attached hydrogens (tertiary/aromatic N) is 4. The van der Waals surface area contributed by atoms with Crippen LogP contribution in [0.5, 0.6) is 11.5 Å². The highest BCUT2D eigenvalue weighted by atomic mass is 32.2. The zero-order valence-electron chi connectivity index (χ0n) is 15.8. The maximum absolute atomic E-state index is 12.6. The maximum Gasteiger partial charge on any atom is 0.237 e. The minimum atomic E-state index is -0.341. The van der Waals surface area contributed by atoms with E-state index in [4.69, 9.17) is 9.47 Å². The van der Waals surface area contributed by atoms with Crippen LogP contribution in [0.2, 0.25) is 0 Å². The topological polar surface area (TPSA) is 91.2 Å². The molecule has 3 rings (SSSR count). The molecule has 1 saturated carbocycles. The van der Waals surface area contributed by atoms with Crippen molar-refractivity contribution >= 4 is 23.4 Å². The number of methoxy groups -OCH3 is 2. The summed E-state index contributed by atoms with van der Waals surface area (Å²) in [5.74, 6) is 1.06. The Morgan fingerprint density at radius 1 is 1.22 bits per heavy atom. The van der Waals surface area contributed by atoms with Gasteiger partial charge in [0.05, 0.1) is 25.5 Å². The molecule has 146 valence electrons. The van der Waals surface area contributed by atoms with E-state index in [1.165, 1.54) is 31.0 Å². The van der Waals surface area contributed by atoms with Gasteiger partial charge >= 0.3 is 0 Å². The van der Waals surface area contributed by atoms with Crippen molar-refractivity contribution in [3.8, 4) is 11.5 Å². The summed E-state index contributed by atoms with van der Waals surface area (Å²) in [7, 11) is 3.14. The van der Waals surface area contributed by atoms with E-state index >= 15 is 0 Å². The largest absolute Gasteiger partial charge is 0.493 e. The van der Waals surface area contributed by atoms with E-state index in [1.54, 1.807) is 32.4 Å². The van der Waals surface area contributed by atoms with E-state index in [2.05, 4.69) is 20.8 Å². The first-order valence-corrected chi connectivity index (χ1v) is 9.97. The first-order chi connectivity index (χ1) is 13.1. The molecule has 2 aromatic rings. The van der Waals surface area contributed by atoms with Gasteiger partial charge < -0.3 is 14.8 Å². The van der Waals surface area contributed by atoms with Gasteiger partial charge in [-0.1, -0.05) is 31.0 Å². The second kappa shape index (κ2) is 9.07. The Hall–Kier alpha value is -2.29. The number of anilines is 1. The number of rotatable bonds is 7. The average Bonchev–Trinajstić information content (AvgIpc) is 3.16. The standard InChI is InChI=1S/C18H25N5O3S/c1-12(17(24)19-13-9-10-15(25-2)16(11-13)26-3)27-18-20-21-22-23(18)14-7-5-4-6-8-14/h9-12,14H,4-8H2,1-3H3,(H,19,24). The fourth-order valence-electron chi connectivity index (χ4n) is 3.19. The number of tetrazole rings is 1. The molecular weight excluding hydrogens is 366 g/mol. The fraction of sp³-hybridized carbons (Fsp3) is 0.556. The van der Waals surface area contributed by atoms with E-state index in [1.807, 2.05) is 11.6 Å². The number of thioether (sulfide) groups is 1. The Morgan fingerprint density at radius 2 is 1.96 bits per heavy atom. The Balaban J connectivity index is 1.64. The highest BCUT2D eigenvalue weighted by Crippen LogP contribution is 2.32. The Kier molecular flexibility index (Phi) is 6.54. The van der Waals surface area contributed by atoms with E-state index in [9.17, 15) is 4.79 Å². The van der Waals surface area contributed by atoms with Crippen molar-refractivity contribution in [1.29, 1.82) is 0 Å². The van der Waals surface area contributed by atoms with E-state index in [-0.39, 0.29) is 11.2 Å². The smallest absolute Gasteiger partial charge is 0.237 e. The molecule has 27 heavy (non-hydrogen) atoms. The fourth-order valence-corrected chi connectivity index (χ4v) is 4.05. The van der Waals surface area contributed by atoms with Crippen LogP contribution in [0, 0.1) is 0 Å². The van der Waals surface area contributed by atoms with E-state index in [0.717, 1.165) is 12.8 Å². The van der Waals surface area contributed by atoms with E-state index < -0.39 is 0 Å². The van der Waals surface area contributed by atoms with Gasteiger partial charge in [-0.25, -0.2) is 4.68 Å². The molecule has 1 aromatic heterocycles. The molecule has 0 radical (unpaired) electrons. The Bertz CT molecular complexity index is 776. The van der Waals surface area contributed by atoms with Crippen LogP contribution in [-0.2, 0) is 4.79 Å². The van der Waals surface area contributed by atoms with Crippen molar-refractivity contribution in [3.05, 3.63) is 18.2 Å². The van der Waals surface area contributed by atoms with Gasteiger partial charge in [0.15, 0.2) is 11.5 Å². The summed E-state index contributed by atoms with van der Waals surface area (Å²) in [6.45, 7) is 1.85. The number of ether oxygens (including phenoxy) is 2. The minimum absolute atomic E-state index is 0.120. The molecular formula is C18H25N5O3S. The van der Waals surface area contributed by atoms with Crippen molar-refractivity contribution < 1.29 is 14.3 Å².